The molecule has 42 heavy (non-hydrogen) atoms. The van der Waals surface area contributed by atoms with Gasteiger partial charge in [0.25, 0.3) is 12.3 Å². The Bertz CT molecular complexity index is 1600. The number of halogens is 4. The molecule has 0 radical (unpaired) electrons. The number of hydrogen-bond donors (Lipinski definition) is 2. The number of alkyl halides is 2. The lowest BCUT2D eigenvalue weighted by Gasteiger charge is -2.40. The molecule has 2 aliphatic heterocycles. The van der Waals surface area contributed by atoms with Gasteiger partial charge >= 0.3 is 0 Å². The number of anilines is 3. The Morgan fingerprint density at radius 3 is 2.67 bits per heavy atom. The highest BCUT2D eigenvalue weighted by Crippen LogP contribution is 2.39. The number of hydrogen-bond acceptors (Lipinski definition) is 8. The van der Waals surface area contributed by atoms with E-state index in [9.17, 15) is 18.4 Å². The SMILES string of the molecule is COc1cc(N2CC=C(c3c(F)cc(N4CCN(C)C(C)C4)c(NC(=O)c4c[nH]c(=O)cc4C(F)F)c3F)C2)ncn1. The van der Waals surface area contributed by atoms with Gasteiger partial charge in [-0.05, 0) is 19.5 Å². The first kappa shape index (κ1) is 29.0. The predicted molar refractivity (Wildman–Crippen MR) is 149 cm³/mol. The van der Waals surface area contributed by atoms with E-state index >= 15 is 8.78 Å². The molecule has 10 nitrogen and oxygen atoms in total. The zero-order chi connectivity index (χ0) is 30.1. The first-order chi connectivity index (χ1) is 20.1. The zero-order valence-electron chi connectivity index (χ0n) is 23.1. The van der Waals surface area contributed by atoms with Crippen molar-refractivity contribution in [3.63, 3.8) is 0 Å². The van der Waals surface area contributed by atoms with Crippen molar-refractivity contribution in [1.29, 1.82) is 0 Å². The van der Waals surface area contributed by atoms with E-state index in [1.807, 2.05) is 14.0 Å². The number of carbonyl (C=O) groups is 1. The highest BCUT2D eigenvalue weighted by Gasteiger charge is 2.31. The lowest BCUT2D eigenvalue weighted by molar-refractivity contribution is 0.101. The van der Waals surface area contributed by atoms with Crippen molar-refractivity contribution in [2.45, 2.75) is 19.4 Å². The monoisotopic (exact) mass is 587 g/mol. The molecule has 0 spiro atoms. The van der Waals surface area contributed by atoms with Crippen LogP contribution in [0.5, 0.6) is 5.88 Å². The van der Waals surface area contributed by atoms with Crippen molar-refractivity contribution in [3.05, 3.63) is 75.5 Å². The average Bonchev–Trinajstić information content (AvgIpc) is 3.45. The summed E-state index contributed by atoms with van der Waals surface area (Å²) >= 11 is 0. The van der Waals surface area contributed by atoms with Crippen LogP contribution in [0.2, 0.25) is 0 Å². The number of amides is 1. The molecule has 222 valence electrons. The van der Waals surface area contributed by atoms with Crippen LogP contribution in [0, 0.1) is 11.6 Å². The number of aromatic amines is 1. The summed E-state index contributed by atoms with van der Waals surface area (Å²) in [5.41, 5.74) is -2.45. The van der Waals surface area contributed by atoms with Crippen LogP contribution >= 0.6 is 0 Å². The van der Waals surface area contributed by atoms with Gasteiger partial charge in [-0.15, -0.1) is 0 Å². The van der Waals surface area contributed by atoms with Gasteiger partial charge in [0.1, 0.15) is 23.6 Å². The fraction of sp³-hybridized carbons (Fsp3) is 0.357. The number of likely N-dealkylation sites (N-methyl/N-ethyl adjacent to an activating group) is 1. The standard InChI is InChI=1S/C28H29F4N7O3/c1-15-12-38(7-6-37(15)2)20-9-19(29)24(16-4-5-39(13-16)21-10-23(42-3)35-14-34-21)25(30)26(20)36-28(41)18-11-33-22(40)8-17(18)27(31)32/h4,8-11,14-15,27H,5-7,12-13H2,1-3H3,(H,33,40)(H,36,41). The largest absolute Gasteiger partial charge is 0.481 e. The third-order valence-electron chi connectivity index (χ3n) is 7.57. The molecule has 1 fully saturated rings. The van der Waals surface area contributed by atoms with Crippen molar-refractivity contribution in [1.82, 2.24) is 19.9 Å². The minimum absolute atomic E-state index is 0.0358. The molecule has 3 aromatic rings. The van der Waals surface area contributed by atoms with Crippen molar-refractivity contribution in [2.24, 2.45) is 0 Å². The summed E-state index contributed by atoms with van der Waals surface area (Å²) in [6.45, 7) is 3.77. The Hall–Kier alpha value is -4.46. The number of benzene rings is 1. The molecular weight excluding hydrogens is 558 g/mol. The number of nitrogens with one attached hydrogen (secondary N) is 2. The van der Waals surface area contributed by atoms with Crippen LogP contribution in [-0.2, 0) is 0 Å². The van der Waals surface area contributed by atoms with Crippen LogP contribution in [0.4, 0.5) is 34.8 Å². The molecule has 2 aliphatic rings. The number of piperazine rings is 1. The molecule has 5 rings (SSSR count). The maximum Gasteiger partial charge on any atom is 0.264 e. The lowest BCUT2D eigenvalue weighted by atomic mass is 10.0. The van der Waals surface area contributed by atoms with Gasteiger partial charge in [-0.25, -0.2) is 27.5 Å². The van der Waals surface area contributed by atoms with E-state index in [1.165, 1.54) is 13.4 Å². The highest BCUT2D eigenvalue weighted by molar-refractivity contribution is 6.07. The predicted octanol–water partition coefficient (Wildman–Crippen LogP) is 3.69. The topological polar surface area (TPSA) is 107 Å². The summed E-state index contributed by atoms with van der Waals surface area (Å²) < 4.78 is 64.7. The fourth-order valence-electron chi connectivity index (χ4n) is 5.11. The summed E-state index contributed by atoms with van der Waals surface area (Å²) in [5, 5.41) is 2.41. The third kappa shape index (κ3) is 5.66. The van der Waals surface area contributed by atoms with E-state index < -0.39 is 40.7 Å². The Morgan fingerprint density at radius 2 is 1.95 bits per heavy atom. The number of nitrogens with zero attached hydrogens (tertiary/aromatic N) is 5. The van der Waals surface area contributed by atoms with Crippen LogP contribution in [0.3, 0.4) is 0 Å². The van der Waals surface area contributed by atoms with Gasteiger partial charge in [0.15, 0.2) is 5.82 Å². The number of carbonyl (C=O) groups excluding carboxylic acids is 1. The van der Waals surface area contributed by atoms with Crippen LogP contribution in [0.1, 0.15) is 34.8 Å². The first-order valence-corrected chi connectivity index (χ1v) is 13.2. The van der Waals surface area contributed by atoms with Crippen molar-refractivity contribution in [2.75, 3.05) is 62.0 Å². The molecule has 2 N–H and O–H groups in total. The fourth-order valence-corrected chi connectivity index (χ4v) is 5.11. The Kier molecular flexibility index (Phi) is 8.16. The van der Waals surface area contributed by atoms with E-state index in [1.54, 1.807) is 21.9 Å². The Morgan fingerprint density at radius 1 is 1.17 bits per heavy atom. The van der Waals surface area contributed by atoms with E-state index in [4.69, 9.17) is 4.74 Å². The first-order valence-electron chi connectivity index (χ1n) is 13.2. The second-order valence-electron chi connectivity index (χ2n) is 10.2. The van der Waals surface area contributed by atoms with Crippen LogP contribution in [0.15, 0.2) is 41.6 Å². The second kappa shape index (κ2) is 11.8. The number of H-pyrrole nitrogens is 1. The molecule has 0 bridgehead atoms. The smallest absolute Gasteiger partial charge is 0.264 e. The maximum atomic E-state index is 16.4. The van der Waals surface area contributed by atoms with Crippen molar-refractivity contribution in [3.8, 4) is 5.88 Å². The van der Waals surface area contributed by atoms with E-state index in [0.29, 0.717) is 49.5 Å². The molecule has 1 amide bonds. The van der Waals surface area contributed by atoms with Crippen molar-refractivity contribution >= 4 is 28.7 Å². The number of aromatic nitrogens is 3. The lowest BCUT2D eigenvalue weighted by Crippen LogP contribution is -2.50. The summed E-state index contributed by atoms with van der Waals surface area (Å²) in [5.74, 6) is -2.13. The van der Waals surface area contributed by atoms with E-state index in [2.05, 4.69) is 25.2 Å². The molecule has 1 atom stereocenters. The van der Waals surface area contributed by atoms with Crippen molar-refractivity contribution < 1.29 is 27.1 Å². The third-order valence-corrected chi connectivity index (χ3v) is 7.57. The zero-order valence-corrected chi connectivity index (χ0v) is 23.1. The van der Waals surface area contributed by atoms with Gasteiger partial charge in [-0.1, -0.05) is 6.08 Å². The number of ether oxygens (including phenoxy) is 1. The van der Waals surface area contributed by atoms with Gasteiger partial charge in [0.05, 0.1) is 23.9 Å². The Balaban J connectivity index is 1.54. The molecule has 0 saturated carbocycles. The average molecular weight is 588 g/mol. The molecular formula is C28H29F4N7O3. The molecule has 2 aromatic heterocycles. The number of rotatable bonds is 7. The number of pyridine rings is 1. The van der Waals surface area contributed by atoms with Gasteiger partial charge in [-0.3, -0.25) is 9.59 Å². The minimum atomic E-state index is -3.13. The summed E-state index contributed by atoms with van der Waals surface area (Å²) in [6.07, 6.45) is 0.689. The van der Waals surface area contributed by atoms with Gasteiger partial charge in [0, 0.05) is 68.7 Å². The second-order valence-corrected chi connectivity index (χ2v) is 10.2. The number of methoxy groups -OCH3 is 1. The molecule has 1 saturated heterocycles. The molecule has 1 aromatic carbocycles. The molecule has 1 unspecified atom stereocenters. The summed E-state index contributed by atoms with van der Waals surface area (Å²) in [6, 6.07) is 3.41. The summed E-state index contributed by atoms with van der Waals surface area (Å²) in [4.78, 5) is 40.9. The minimum Gasteiger partial charge on any atom is -0.481 e. The van der Waals surface area contributed by atoms with Crippen LogP contribution in [0.25, 0.3) is 5.57 Å². The Labute approximate surface area is 238 Å². The maximum absolute atomic E-state index is 16.4. The molecule has 4 heterocycles. The quantitative estimate of drug-likeness (QED) is 0.404. The van der Waals surface area contributed by atoms with E-state index in [-0.39, 0.29) is 29.5 Å². The normalized spacial score (nSPS) is 17.5. The van der Waals surface area contributed by atoms with Gasteiger partial charge in [0.2, 0.25) is 11.4 Å². The van der Waals surface area contributed by atoms with Gasteiger partial charge in [-0.2, -0.15) is 0 Å². The van der Waals surface area contributed by atoms with Gasteiger partial charge < -0.3 is 29.7 Å². The van der Waals surface area contributed by atoms with Crippen LogP contribution < -0.4 is 25.4 Å². The van der Waals surface area contributed by atoms with Crippen LogP contribution in [-0.4, -0.2) is 78.7 Å². The molecule has 0 aliphatic carbocycles. The molecule has 14 heteroatoms. The highest BCUT2D eigenvalue weighted by atomic mass is 19.3. The van der Waals surface area contributed by atoms with E-state index in [0.717, 1.165) is 12.3 Å². The summed E-state index contributed by atoms with van der Waals surface area (Å²) in [7, 11) is 3.39.